The molecule has 1 heterocycles. The second-order valence-electron chi connectivity index (χ2n) is 4.22. The van der Waals surface area contributed by atoms with Crippen molar-refractivity contribution in [1.29, 1.82) is 0 Å². The smallest absolute Gasteiger partial charge is 0.227 e. The first kappa shape index (κ1) is 12.9. The van der Waals surface area contributed by atoms with Gasteiger partial charge in [-0.3, -0.25) is 4.79 Å². The molecule has 0 atom stereocenters. The normalized spacial score (nSPS) is 14.4. The molecule has 7 heteroatoms. The molecule has 0 spiro atoms. The minimum Gasteiger partial charge on any atom is -0.326 e. The Hall–Kier alpha value is -1.11. The van der Waals surface area contributed by atoms with Crippen LogP contribution in [0.4, 0.5) is 5.69 Å². The lowest BCUT2D eigenvalue weighted by Gasteiger charge is -2.07. The van der Waals surface area contributed by atoms with Gasteiger partial charge < -0.3 is 5.32 Å². The molecule has 1 aliphatic rings. The number of anilines is 1. The van der Waals surface area contributed by atoms with Crippen LogP contribution in [0.3, 0.4) is 0 Å². The Balaban J connectivity index is 1.71. The standard InChI is InChI=1S/C12H10ClN3OS2/c13-9-5-8(15-11(17)7-1-2-7)3-4-10(9)19-12-16-14-6-18-12/h3-7H,1-2H2,(H,15,17). The molecule has 1 aromatic carbocycles. The van der Waals surface area contributed by atoms with Crippen molar-refractivity contribution in [2.24, 2.45) is 5.92 Å². The Labute approximate surface area is 123 Å². The molecular weight excluding hydrogens is 302 g/mol. The summed E-state index contributed by atoms with van der Waals surface area (Å²) in [7, 11) is 0. The second-order valence-corrected chi connectivity index (χ2v) is 6.74. The molecule has 98 valence electrons. The van der Waals surface area contributed by atoms with Gasteiger partial charge in [0, 0.05) is 16.5 Å². The van der Waals surface area contributed by atoms with Gasteiger partial charge in [0.25, 0.3) is 0 Å². The van der Waals surface area contributed by atoms with E-state index in [9.17, 15) is 4.79 Å². The fourth-order valence-corrected chi connectivity index (χ4v) is 3.29. The molecule has 1 N–H and O–H groups in total. The lowest BCUT2D eigenvalue weighted by atomic mass is 10.3. The van der Waals surface area contributed by atoms with Gasteiger partial charge in [0.2, 0.25) is 5.91 Å². The predicted molar refractivity (Wildman–Crippen MR) is 76.8 cm³/mol. The summed E-state index contributed by atoms with van der Waals surface area (Å²) in [4.78, 5) is 12.6. The number of rotatable bonds is 4. The summed E-state index contributed by atoms with van der Waals surface area (Å²) in [6.07, 6.45) is 1.98. The monoisotopic (exact) mass is 311 g/mol. The predicted octanol–water partition coefficient (Wildman–Crippen LogP) is 3.69. The summed E-state index contributed by atoms with van der Waals surface area (Å²) in [6.45, 7) is 0. The number of benzene rings is 1. The Morgan fingerprint density at radius 3 is 2.95 bits per heavy atom. The van der Waals surface area contributed by atoms with E-state index in [1.165, 1.54) is 23.1 Å². The molecule has 1 aliphatic carbocycles. The number of halogens is 1. The van der Waals surface area contributed by atoms with Crippen molar-refractivity contribution in [3.05, 3.63) is 28.7 Å². The molecule has 19 heavy (non-hydrogen) atoms. The summed E-state index contributed by atoms with van der Waals surface area (Å²) < 4.78 is 0.844. The van der Waals surface area contributed by atoms with Crippen LogP contribution >= 0.6 is 34.7 Å². The molecule has 1 aromatic heterocycles. The molecule has 3 rings (SSSR count). The average Bonchev–Trinajstić information content (AvgIpc) is 3.12. The number of aromatic nitrogens is 2. The van der Waals surface area contributed by atoms with Gasteiger partial charge in [0.05, 0.1) is 5.02 Å². The summed E-state index contributed by atoms with van der Waals surface area (Å²) in [6, 6.07) is 5.51. The van der Waals surface area contributed by atoms with E-state index in [-0.39, 0.29) is 11.8 Å². The molecule has 0 bridgehead atoms. The number of carbonyl (C=O) groups is 1. The van der Waals surface area contributed by atoms with Gasteiger partial charge in [-0.15, -0.1) is 10.2 Å². The Morgan fingerprint density at radius 1 is 1.47 bits per heavy atom. The molecule has 0 radical (unpaired) electrons. The topological polar surface area (TPSA) is 54.9 Å². The van der Waals surface area contributed by atoms with E-state index in [1.807, 2.05) is 12.1 Å². The van der Waals surface area contributed by atoms with Gasteiger partial charge in [-0.05, 0) is 31.0 Å². The van der Waals surface area contributed by atoms with Crippen LogP contribution in [0.1, 0.15) is 12.8 Å². The van der Waals surface area contributed by atoms with E-state index in [4.69, 9.17) is 11.6 Å². The third-order valence-corrected chi connectivity index (χ3v) is 4.96. The molecule has 2 aromatic rings. The summed E-state index contributed by atoms with van der Waals surface area (Å²) in [5.74, 6) is 0.273. The summed E-state index contributed by atoms with van der Waals surface area (Å²) in [5.41, 5.74) is 2.42. The number of amides is 1. The Kier molecular flexibility index (Phi) is 3.72. The highest BCUT2D eigenvalue weighted by atomic mass is 35.5. The van der Waals surface area contributed by atoms with Gasteiger partial charge in [-0.25, -0.2) is 0 Å². The van der Waals surface area contributed by atoms with Crippen LogP contribution in [0.15, 0.2) is 32.9 Å². The molecule has 0 unspecified atom stereocenters. The third kappa shape index (κ3) is 3.26. The van der Waals surface area contributed by atoms with Crippen molar-refractivity contribution < 1.29 is 4.79 Å². The third-order valence-electron chi connectivity index (χ3n) is 2.68. The van der Waals surface area contributed by atoms with Crippen LogP contribution in [0.25, 0.3) is 0 Å². The first-order chi connectivity index (χ1) is 9.22. The fraction of sp³-hybridized carbons (Fsp3) is 0.250. The molecule has 4 nitrogen and oxygen atoms in total. The van der Waals surface area contributed by atoms with Crippen LogP contribution in [-0.2, 0) is 4.79 Å². The maximum atomic E-state index is 11.7. The average molecular weight is 312 g/mol. The van der Waals surface area contributed by atoms with Crippen LogP contribution in [0, 0.1) is 5.92 Å². The van der Waals surface area contributed by atoms with E-state index in [2.05, 4.69) is 15.5 Å². The molecule has 0 aliphatic heterocycles. The van der Waals surface area contributed by atoms with Gasteiger partial charge in [-0.2, -0.15) is 0 Å². The number of hydrogen-bond acceptors (Lipinski definition) is 5. The Bertz CT molecular complexity index is 599. The zero-order valence-corrected chi connectivity index (χ0v) is 12.2. The SMILES string of the molecule is O=C(Nc1ccc(Sc2nncs2)c(Cl)c1)C1CC1. The summed E-state index contributed by atoms with van der Waals surface area (Å²) >= 11 is 9.14. The first-order valence-corrected chi connectivity index (χ1v) is 7.84. The van der Waals surface area contributed by atoms with E-state index >= 15 is 0 Å². The molecule has 1 amide bonds. The summed E-state index contributed by atoms with van der Waals surface area (Å²) in [5, 5.41) is 11.2. The first-order valence-electron chi connectivity index (χ1n) is 5.77. The number of hydrogen-bond donors (Lipinski definition) is 1. The van der Waals surface area contributed by atoms with Crippen LogP contribution in [0.5, 0.6) is 0 Å². The van der Waals surface area contributed by atoms with Crippen molar-refractivity contribution in [2.45, 2.75) is 22.1 Å². The van der Waals surface area contributed by atoms with Crippen molar-refractivity contribution in [1.82, 2.24) is 10.2 Å². The van der Waals surface area contributed by atoms with E-state index in [0.717, 1.165) is 27.8 Å². The van der Waals surface area contributed by atoms with Crippen molar-refractivity contribution >= 4 is 46.3 Å². The maximum absolute atomic E-state index is 11.7. The number of nitrogens with one attached hydrogen (secondary N) is 1. The molecular formula is C12H10ClN3OS2. The zero-order valence-electron chi connectivity index (χ0n) is 9.80. The van der Waals surface area contributed by atoms with Gasteiger partial charge in [0.15, 0.2) is 4.34 Å². The second kappa shape index (κ2) is 5.48. The van der Waals surface area contributed by atoms with Crippen molar-refractivity contribution in [3.63, 3.8) is 0 Å². The highest BCUT2D eigenvalue weighted by Crippen LogP contribution is 2.36. The van der Waals surface area contributed by atoms with Gasteiger partial charge in [-0.1, -0.05) is 34.7 Å². The van der Waals surface area contributed by atoms with Gasteiger partial charge >= 0.3 is 0 Å². The van der Waals surface area contributed by atoms with E-state index in [1.54, 1.807) is 11.6 Å². The molecule has 0 saturated heterocycles. The lowest BCUT2D eigenvalue weighted by Crippen LogP contribution is -2.13. The number of carbonyl (C=O) groups excluding carboxylic acids is 1. The number of nitrogens with zero attached hydrogens (tertiary/aromatic N) is 2. The highest BCUT2D eigenvalue weighted by molar-refractivity contribution is 8.01. The minimum absolute atomic E-state index is 0.0839. The van der Waals surface area contributed by atoms with Gasteiger partial charge in [0.1, 0.15) is 5.51 Å². The zero-order chi connectivity index (χ0) is 13.2. The largest absolute Gasteiger partial charge is 0.326 e. The van der Waals surface area contributed by atoms with Crippen molar-refractivity contribution in [3.8, 4) is 0 Å². The van der Waals surface area contributed by atoms with Crippen LogP contribution < -0.4 is 5.32 Å². The maximum Gasteiger partial charge on any atom is 0.227 e. The lowest BCUT2D eigenvalue weighted by molar-refractivity contribution is -0.117. The van der Waals surface area contributed by atoms with E-state index < -0.39 is 0 Å². The fourth-order valence-electron chi connectivity index (χ4n) is 1.55. The highest BCUT2D eigenvalue weighted by Gasteiger charge is 2.29. The van der Waals surface area contributed by atoms with Crippen LogP contribution in [-0.4, -0.2) is 16.1 Å². The Morgan fingerprint density at radius 2 is 2.32 bits per heavy atom. The van der Waals surface area contributed by atoms with E-state index in [0.29, 0.717) is 5.02 Å². The minimum atomic E-state index is 0.0839. The van der Waals surface area contributed by atoms with Crippen LogP contribution in [0.2, 0.25) is 5.02 Å². The van der Waals surface area contributed by atoms with Crippen molar-refractivity contribution in [2.75, 3.05) is 5.32 Å². The molecule has 1 saturated carbocycles. The molecule has 1 fully saturated rings. The quantitative estimate of drug-likeness (QED) is 0.935.